The van der Waals surface area contributed by atoms with Crippen molar-refractivity contribution in [2.45, 2.75) is 32.4 Å². The highest BCUT2D eigenvalue weighted by atomic mass is 19.3. The summed E-state index contributed by atoms with van der Waals surface area (Å²) in [6.07, 6.45) is 0. The summed E-state index contributed by atoms with van der Waals surface area (Å²) in [5.74, 6) is -1.88. The largest absolute Gasteiger partial charge is 0.417 e. The van der Waals surface area contributed by atoms with E-state index in [0.29, 0.717) is 17.1 Å². The highest BCUT2D eigenvalue weighted by Crippen LogP contribution is 2.44. The van der Waals surface area contributed by atoms with Crippen molar-refractivity contribution in [3.8, 4) is 17.4 Å². The van der Waals surface area contributed by atoms with Gasteiger partial charge in [0.1, 0.15) is 17.3 Å². The third kappa shape index (κ3) is 3.56. The molecule has 162 valence electrons. The lowest BCUT2D eigenvalue weighted by atomic mass is 9.85. The Bertz CT molecular complexity index is 1190. The number of aromatic nitrogens is 4. The fraction of sp³-hybridized carbons (Fsp3) is 0.250. The predicted octanol–water partition coefficient (Wildman–Crippen LogP) is 4.07. The van der Waals surface area contributed by atoms with E-state index >= 15 is 0 Å². The number of hydrogen-bond acceptors (Lipinski definition) is 6. The lowest BCUT2D eigenvalue weighted by Crippen LogP contribution is -2.18. The number of allylic oxidation sites excluding steroid dienone is 1. The zero-order valence-corrected chi connectivity index (χ0v) is 16.6. The molecule has 4 rings (SSSR count). The molecule has 2 aromatic heterocycles. The van der Waals surface area contributed by atoms with Gasteiger partial charge in [-0.25, -0.2) is 23.4 Å². The topological polar surface area (TPSA) is 90.9 Å². The molecule has 3 aromatic rings. The normalized spacial score (nSPS) is 14.6. The first-order valence-corrected chi connectivity index (χ1v) is 9.18. The van der Waals surface area contributed by atoms with Crippen molar-refractivity contribution in [3.63, 3.8) is 0 Å². The Labute approximate surface area is 174 Å². The fourth-order valence-corrected chi connectivity index (χ4v) is 3.39. The van der Waals surface area contributed by atoms with E-state index in [1.54, 1.807) is 0 Å². The zero-order valence-electron chi connectivity index (χ0n) is 16.6. The highest BCUT2D eigenvalue weighted by Gasteiger charge is 2.38. The monoisotopic (exact) mass is 434 g/mol. The van der Waals surface area contributed by atoms with E-state index in [-0.39, 0.29) is 35.3 Å². The lowest BCUT2D eigenvalue weighted by molar-refractivity contribution is -0.0556. The molecule has 3 heterocycles. The van der Waals surface area contributed by atoms with Crippen LogP contribution in [-0.2, 0) is 12.0 Å². The van der Waals surface area contributed by atoms with Crippen LogP contribution in [0.2, 0.25) is 0 Å². The molecule has 0 saturated heterocycles. The molecule has 3 N–H and O–H groups in total. The van der Waals surface area contributed by atoms with E-state index in [2.05, 4.69) is 31.7 Å². The number of nitrogens with one attached hydrogen (secondary N) is 1. The van der Waals surface area contributed by atoms with Crippen LogP contribution in [0, 0.1) is 11.6 Å². The van der Waals surface area contributed by atoms with Gasteiger partial charge in [0.05, 0.1) is 6.54 Å². The third-order valence-corrected chi connectivity index (χ3v) is 5.12. The smallest absolute Gasteiger partial charge is 0.388 e. The van der Waals surface area contributed by atoms with Crippen molar-refractivity contribution in [2.24, 2.45) is 0 Å². The van der Waals surface area contributed by atoms with Gasteiger partial charge in [-0.15, -0.1) is 0 Å². The number of nitrogens with zero attached hydrogens (tertiary/aromatic N) is 4. The summed E-state index contributed by atoms with van der Waals surface area (Å²) < 4.78 is 58.9. The van der Waals surface area contributed by atoms with E-state index in [4.69, 9.17) is 5.73 Å². The Morgan fingerprint density at radius 3 is 2.71 bits per heavy atom. The predicted molar refractivity (Wildman–Crippen MR) is 106 cm³/mol. The first kappa shape index (κ1) is 20.6. The van der Waals surface area contributed by atoms with Gasteiger partial charge in [-0.3, -0.25) is 0 Å². The fourth-order valence-electron chi connectivity index (χ4n) is 3.39. The molecule has 0 bridgehead atoms. The number of nitrogens with two attached hydrogens (primary N) is 1. The van der Waals surface area contributed by atoms with Crippen molar-refractivity contribution >= 4 is 11.6 Å². The first-order valence-electron chi connectivity index (χ1n) is 9.18. The maximum atomic E-state index is 14.1. The minimum Gasteiger partial charge on any atom is -0.417 e. The summed E-state index contributed by atoms with van der Waals surface area (Å²) in [5.41, 5.74) is 6.93. The molecule has 0 amide bonds. The first-order chi connectivity index (χ1) is 14.6. The molecular weight excluding hydrogens is 416 g/mol. The number of fused-ring (bicyclic) bond motifs is 1. The molecule has 0 atom stereocenters. The number of alkyl halides is 2. The number of hydrogen-bond donors (Lipinski definition) is 2. The van der Waals surface area contributed by atoms with Crippen LogP contribution in [0.5, 0.6) is 5.88 Å². The SMILES string of the molecule is C=C1Nc2nc(-c3cc(OC(F)F)n(Cc4cccc(F)c4F)n3)nc(N)c2C1(C)C. The maximum absolute atomic E-state index is 14.1. The van der Waals surface area contributed by atoms with Crippen LogP contribution in [-0.4, -0.2) is 26.4 Å². The van der Waals surface area contributed by atoms with Crippen LogP contribution in [0.3, 0.4) is 0 Å². The molecular formula is C20H18F4N6O. The number of rotatable bonds is 5. The number of nitrogen functional groups attached to an aromatic ring is 1. The quantitative estimate of drug-likeness (QED) is 0.589. The maximum Gasteiger partial charge on any atom is 0.388 e. The van der Waals surface area contributed by atoms with Crippen molar-refractivity contribution in [1.29, 1.82) is 0 Å². The van der Waals surface area contributed by atoms with Gasteiger partial charge < -0.3 is 15.8 Å². The van der Waals surface area contributed by atoms with Crippen LogP contribution in [0.25, 0.3) is 11.5 Å². The van der Waals surface area contributed by atoms with Crippen LogP contribution in [0.4, 0.5) is 29.2 Å². The molecule has 1 aliphatic rings. The van der Waals surface area contributed by atoms with Crippen molar-refractivity contribution in [2.75, 3.05) is 11.1 Å². The molecule has 0 unspecified atom stereocenters. The molecule has 31 heavy (non-hydrogen) atoms. The minimum absolute atomic E-state index is 0.0480. The van der Waals surface area contributed by atoms with Gasteiger partial charge in [-0.2, -0.15) is 13.9 Å². The summed E-state index contributed by atoms with van der Waals surface area (Å²) in [5, 5.41) is 7.20. The van der Waals surface area contributed by atoms with Gasteiger partial charge in [-0.05, 0) is 19.9 Å². The van der Waals surface area contributed by atoms with Crippen molar-refractivity contribution in [3.05, 3.63) is 59.3 Å². The molecule has 7 nitrogen and oxygen atoms in total. The molecule has 11 heteroatoms. The summed E-state index contributed by atoms with van der Waals surface area (Å²) in [4.78, 5) is 8.64. The summed E-state index contributed by atoms with van der Waals surface area (Å²) in [6, 6.07) is 4.75. The number of ether oxygens (including phenoxy) is 1. The summed E-state index contributed by atoms with van der Waals surface area (Å²) in [6.45, 7) is 4.26. The molecule has 0 saturated carbocycles. The Kier molecular flexibility index (Phi) is 4.83. The molecule has 0 aliphatic carbocycles. The Balaban J connectivity index is 1.77. The highest BCUT2D eigenvalue weighted by molar-refractivity contribution is 5.73. The van der Waals surface area contributed by atoms with E-state index in [1.807, 2.05) is 13.8 Å². The second-order valence-electron chi connectivity index (χ2n) is 7.50. The second kappa shape index (κ2) is 7.25. The van der Waals surface area contributed by atoms with E-state index < -0.39 is 23.7 Å². The van der Waals surface area contributed by atoms with E-state index in [0.717, 1.165) is 10.7 Å². The van der Waals surface area contributed by atoms with Gasteiger partial charge in [-0.1, -0.05) is 18.7 Å². The van der Waals surface area contributed by atoms with Crippen LogP contribution in [0.1, 0.15) is 25.0 Å². The van der Waals surface area contributed by atoms with Gasteiger partial charge in [0.2, 0.25) is 5.88 Å². The molecule has 1 aliphatic heterocycles. The molecule has 0 fully saturated rings. The average molecular weight is 434 g/mol. The summed E-state index contributed by atoms with van der Waals surface area (Å²) >= 11 is 0. The van der Waals surface area contributed by atoms with Crippen LogP contribution in [0.15, 0.2) is 36.5 Å². The molecule has 0 radical (unpaired) electrons. The number of halogens is 4. The van der Waals surface area contributed by atoms with Gasteiger partial charge in [0.25, 0.3) is 0 Å². The zero-order chi connectivity index (χ0) is 22.5. The van der Waals surface area contributed by atoms with E-state index in [9.17, 15) is 17.6 Å². The van der Waals surface area contributed by atoms with E-state index in [1.165, 1.54) is 18.2 Å². The average Bonchev–Trinajstić information content (AvgIpc) is 3.16. The number of anilines is 2. The Morgan fingerprint density at radius 2 is 2.00 bits per heavy atom. The van der Waals surface area contributed by atoms with Gasteiger partial charge in [0.15, 0.2) is 17.5 Å². The lowest BCUT2D eigenvalue weighted by Gasteiger charge is -2.19. The minimum atomic E-state index is -3.16. The summed E-state index contributed by atoms with van der Waals surface area (Å²) in [7, 11) is 0. The van der Waals surface area contributed by atoms with Crippen LogP contribution >= 0.6 is 0 Å². The molecule has 0 spiro atoms. The standard InChI is InChI=1S/C20H18F4N6O/c1-9-20(2,3)14-16(25)27-17(28-18(14)26-9)12-7-13(31-19(23)24)30(29-12)8-10-5-4-6-11(21)15(10)22/h4-7,19H,1,8H2,2-3H3,(H3,25,26,27,28). The van der Waals surface area contributed by atoms with Crippen molar-refractivity contribution < 1.29 is 22.3 Å². The van der Waals surface area contributed by atoms with Crippen LogP contribution < -0.4 is 15.8 Å². The molecule has 1 aromatic carbocycles. The number of benzene rings is 1. The van der Waals surface area contributed by atoms with Crippen molar-refractivity contribution in [1.82, 2.24) is 19.7 Å². The third-order valence-electron chi connectivity index (χ3n) is 5.12. The Hall–Kier alpha value is -3.63. The Morgan fingerprint density at radius 1 is 1.26 bits per heavy atom. The van der Waals surface area contributed by atoms with Gasteiger partial charge in [0, 0.05) is 28.3 Å². The second-order valence-corrected chi connectivity index (χ2v) is 7.50. The van der Waals surface area contributed by atoms with Gasteiger partial charge >= 0.3 is 6.61 Å².